The minimum Gasteiger partial charge on any atom is -0.481 e. The van der Waals surface area contributed by atoms with Crippen LogP contribution in [0.4, 0.5) is 0 Å². The Balaban J connectivity index is 2.01. The summed E-state index contributed by atoms with van der Waals surface area (Å²) in [4.78, 5) is 25.9. The van der Waals surface area contributed by atoms with Crippen molar-refractivity contribution >= 4 is 27.8 Å². The highest BCUT2D eigenvalue weighted by atomic mass is 79.9. The normalized spacial score (nSPS) is 22.7. The quantitative estimate of drug-likeness (QED) is 0.847. The maximum atomic E-state index is 12.8. The molecule has 1 fully saturated rings. The van der Waals surface area contributed by atoms with Gasteiger partial charge in [-0.05, 0) is 42.9 Å². The maximum Gasteiger partial charge on any atom is 0.306 e. The molecule has 1 aliphatic rings. The fraction of sp³-hybridized carbons (Fsp3) is 0.556. The number of hydrogen-bond acceptors (Lipinski definition) is 2. The van der Waals surface area contributed by atoms with Crippen molar-refractivity contribution in [2.24, 2.45) is 17.8 Å². The van der Waals surface area contributed by atoms with Gasteiger partial charge in [0.05, 0.1) is 5.92 Å². The van der Waals surface area contributed by atoms with Gasteiger partial charge < -0.3 is 10.0 Å². The van der Waals surface area contributed by atoms with Crippen LogP contribution in [0.1, 0.15) is 32.3 Å². The third-order valence-corrected chi connectivity index (χ3v) is 5.24. The Kier molecular flexibility index (Phi) is 6.22. The summed E-state index contributed by atoms with van der Waals surface area (Å²) in [6, 6.07) is 8.05. The summed E-state index contributed by atoms with van der Waals surface area (Å²) in [6.45, 7) is 5.06. The molecule has 0 aromatic heterocycles. The number of aliphatic carboxylic acids is 1. The van der Waals surface area contributed by atoms with Gasteiger partial charge in [0.25, 0.3) is 0 Å². The highest BCUT2D eigenvalue weighted by molar-refractivity contribution is 9.10. The van der Waals surface area contributed by atoms with E-state index in [4.69, 9.17) is 0 Å². The highest BCUT2D eigenvalue weighted by Crippen LogP contribution is 2.26. The molecule has 0 saturated carbocycles. The zero-order valence-electron chi connectivity index (χ0n) is 13.7. The molecule has 3 unspecified atom stereocenters. The van der Waals surface area contributed by atoms with Crippen molar-refractivity contribution in [1.82, 2.24) is 4.90 Å². The maximum absolute atomic E-state index is 12.8. The Labute approximate surface area is 146 Å². The van der Waals surface area contributed by atoms with Crippen LogP contribution in [-0.2, 0) is 16.0 Å². The lowest BCUT2D eigenvalue weighted by molar-refractivity contribution is -0.149. The standard InChI is InChI=1S/C18H24BrNO3/c1-3-14(9-13-5-4-6-15(19)10-13)17(21)20-8-7-16(18(22)23)12(2)11-20/h4-6,10,12,14,16H,3,7-9,11H2,1-2H3,(H,22,23). The lowest BCUT2D eigenvalue weighted by Crippen LogP contribution is -2.47. The first kappa shape index (κ1) is 18.0. The second-order valence-corrected chi connectivity index (χ2v) is 7.35. The number of amides is 1. The first-order valence-corrected chi connectivity index (χ1v) is 8.97. The highest BCUT2D eigenvalue weighted by Gasteiger charge is 2.34. The molecule has 2 rings (SSSR count). The van der Waals surface area contributed by atoms with E-state index < -0.39 is 5.97 Å². The van der Waals surface area contributed by atoms with Crippen molar-refractivity contribution in [1.29, 1.82) is 0 Å². The largest absolute Gasteiger partial charge is 0.481 e. The smallest absolute Gasteiger partial charge is 0.306 e. The van der Waals surface area contributed by atoms with Crippen LogP contribution in [-0.4, -0.2) is 35.0 Å². The number of halogens is 1. The Morgan fingerprint density at radius 3 is 2.74 bits per heavy atom. The van der Waals surface area contributed by atoms with Crippen LogP contribution in [0.3, 0.4) is 0 Å². The number of hydrogen-bond donors (Lipinski definition) is 1. The average molecular weight is 382 g/mol. The summed E-state index contributed by atoms with van der Waals surface area (Å²) in [5.74, 6) is -0.954. The van der Waals surface area contributed by atoms with E-state index in [1.165, 1.54) is 0 Å². The summed E-state index contributed by atoms with van der Waals surface area (Å²) in [6.07, 6.45) is 2.07. The molecule has 5 heteroatoms. The second kappa shape index (κ2) is 7.95. The van der Waals surface area contributed by atoms with Gasteiger partial charge in [-0.2, -0.15) is 0 Å². The molecule has 23 heavy (non-hydrogen) atoms. The molecule has 126 valence electrons. The summed E-state index contributed by atoms with van der Waals surface area (Å²) in [5.41, 5.74) is 1.15. The Morgan fingerprint density at radius 1 is 1.43 bits per heavy atom. The van der Waals surface area contributed by atoms with E-state index in [-0.39, 0.29) is 23.7 Å². The number of carboxylic acid groups (broad SMARTS) is 1. The number of carboxylic acids is 1. The third-order valence-electron chi connectivity index (χ3n) is 4.75. The van der Waals surface area contributed by atoms with E-state index in [0.29, 0.717) is 19.5 Å². The van der Waals surface area contributed by atoms with Crippen LogP contribution in [0.25, 0.3) is 0 Å². The molecule has 3 atom stereocenters. The van der Waals surface area contributed by atoms with Crippen LogP contribution in [0, 0.1) is 17.8 Å². The molecule has 0 radical (unpaired) electrons. The van der Waals surface area contributed by atoms with Gasteiger partial charge in [0.15, 0.2) is 0 Å². The second-order valence-electron chi connectivity index (χ2n) is 6.43. The number of likely N-dealkylation sites (tertiary alicyclic amines) is 1. The number of piperidine rings is 1. The number of rotatable bonds is 5. The number of benzene rings is 1. The Hall–Kier alpha value is -1.36. The van der Waals surface area contributed by atoms with E-state index in [1.807, 2.05) is 36.9 Å². The molecule has 1 heterocycles. The lowest BCUT2D eigenvalue weighted by atomic mass is 9.86. The number of nitrogens with zero attached hydrogens (tertiary/aromatic N) is 1. The molecular formula is C18H24BrNO3. The Morgan fingerprint density at radius 2 is 2.17 bits per heavy atom. The van der Waals surface area contributed by atoms with Gasteiger partial charge in [-0.1, -0.05) is 41.9 Å². The molecule has 0 aliphatic carbocycles. The molecular weight excluding hydrogens is 358 g/mol. The zero-order chi connectivity index (χ0) is 17.0. The van der Waals surface area contributed by atoms with Crippen LogP contribution >= 0.6 is 15.9 Å². The molecule has 1 aromatic rings. The van der Waals surface area contributed by atoms with Gasteiger partial charge in [0.2, 0.25) is 5.91 Å². The van der Waals surface area contributed by atoms with E-state index >= 15 is 0 Å². The lowest BCUT2D eigenvalue weighted by Gasteiger charge is -2.36. The van der Waals surface area contributed by atoms with Crippen LogP contribution in [0.2, 0.25) is 0 Å². The van der Waals surface area contributed by atoms with Crippen LogP contribution in [0.15, 0.2) is 28.7 Å². The monoisotopic (exact) mass is 381 g/mol. The van der Waals surface area contributed by atoms with E-state index in [9.17, 15) is 14.7 Å². The van der Waals surface area contributed by atoms with Crippen molar-refractivity contribution in [3.63, 3.8) is 0 Å². The minimum absolute atomic E-state index is 0.00794. The third kappa shape index (κ3) is 4.56. The molecule has 1 amide bonds. The van der Waals surface area contributed by atoms with Gasteiger partial charge in [-0.15, -0.1) is 0 Å². The van der Waals surface area contributed by atoms with Gasteiger partial charge in [0.1, 0.15) is 0 Å². The molecule has 0 spiro atoms. The molecule has 1 saturated heterocycles. The molecule has 1 aliphatic heterocycles. The average Bonchev–Trinajstić information content (AvgIpc) is 2.51. The van der Waals surface area contributed by atoms with Gasteiger partial charge >= 0.3 is 5.97 Å². The molecule has 1 aromatic carbocycles. The topological polar surface area (TPSA) is 57.6 Å². The van der Waals surface area contributed by atoms with Crippen molar-refractivity contribution < 1.29 is 14.7 Å². The summed E-state index contributed by atoms with van der Waals surface area (Å²) in [7, 11) is 0. The van der Waals surface area contributed by atoms with Crippen LogP contribution in [0.5, 0.6) is 0 Å². The van der Waals surface area contributed by atoms with Gasteiger partial charge in [0, 0.05) is 23.5 Å². The van der Waals surface area contributed by atoms with E-state index in [2.05, 4.69) is 22.0 Å². The SMILES string of the molecule is CCC(Cc1cccc(Br)c1)C(=O)N1CCC(C(=O)O)C(C)C1. The van der Waals surface area contributed by atoms with Crippen molar-refractivity contribution in [2.45, 2.75) is 33.1 Å². The number of carbonyl (C=O) groups is 2. The predicted octanol–water partition coefficient (Wildman–Crippen LogP) is 3.59. The van der Waals surface area contributed by atoms with E-state index in [1.54, 1.807) is 0 Å². The van der Waals surface area contributed by atoms with Crippen molar-refractivity contribution in [2.75, 3.05) is 13.1 Å². The Bertz CT molecular complexity index is 575. The van der Waals surface area contributed by atoms with Gasteiger partial charge in [-0.25, -0.2) is 0 Å². The number of carbonyl (C=O) groups excluding carboxylic acids is 1. The first-order valence-electron chi connectivity index (χ1n) is 8.18. The minimum atomic E-state index is -0.745. The fourth-order valence-corrected chi connectivity index (χ4v) is 3.77. The summed E-state index contributed by atoms with van der Waals surface area (Å²) in [5, 5.41) is 9.20. The van der Waals surface area contributed by atoms with Crippen LogP contribution < -0.4 is 0 Å². The predicted molar refractivity (Wildman–Crippen MR) is 93.1 cm³/mol. The molecule has 1 N–H and O–H groups in total. The zero-order valence-corrected chi connectivity index (χ0v) is 15.3. The summed E-state index contributed by atoms with van der Waals surface area (Å²) >= 11 is 3.46. The molecule has 4 nitrogen and oxygen atoms in total. The van der Waals surface area contributed by atoms with E-state index in [0.717, 1.165) is 22.9 Å². The summed E-state index contributed by atoms with van der Waals surface area (Å²) < 4.78 is 1.02. The first-order chi connectivity index (χ1) is 10.9. The van der Waals surface area contributed by atoms with Crippen molar-refractivity contribution in [3.8, 4) is 0 Å². The fourth-order valence-electron chi connectivity index (χ4n) is 3.33. The molecule has 0 bridgehead atoms. The van der Waals surface area contributed by atoms with Crippen molar-refractivity contribution in [3.05, 3.63) is 34.3 Å². The van der Waals surface area contributed by atoms with Gasteiger partial charge in [-0.3, -0.25) is 9.59 Å².